The summed E-state index contributed by atoms with van der Waals surface area (Å²) < 4.78 is 31.4. The molecule has 0 unspecified atom stereocenters. The van der Waals surface area contributed by atoms with Crippen molar-refractivity contribution in [2.75, 3.05) is 0 Å². The van der Waals surface area contributed by atoms with Crippen molar-refractivity contribution in [3.8, 4) is 5.75 Å². The average molecular weight is 411 g/mol. The van der Waals surface area contributed by atoms with Crippen LogP contribution in [0.2, 0.25) is 0 Å². The summed E-state index contributed by atoms with van der Waals surface area (Å²) in [6, 6.07) is 3.95. The molecule has 0 aromatic heterocycles. The Kier molecular flexibility index (Phi) is 7.78. The molecule has 0 amide bonds. The number of aryl methyl sites for hydroxylation is 1. The fraction of sp³-hybridized carbons (Fsp3) is 0.652. The molecule has 0 aliphatic rings. The molecule has 0 radical (unpaired) electrons. The zero-order valence-corrected chi connectivity index (χ0v) is 20.3. The highest BCUT2D eigenvalue weighted by molar-refractivity contribution is 7.49. The van der Waals surface area contributed by atoms with Gasteiger partial charge in [-0.1, -0.05) is 45.9 Å². The van der Waals surface area contributed by atoms with E-state index in [9.17, 15) is 4.57 Å². The van der Waals surface area contributed by atoms with Crippen LogP contribution >= 0.6 is 7.82 Å². The monoisotopic (exact) mass is 410 g/mol. The molecule has 1 rings (SSSR count). The van der Waals surface area contributed by atoms with Crippen molar-refractivity contribution in [1.29, 1.82) is 0 Å². The molecule has 160 valence electrons. The fourth-order valence-corrected chi connectivity index (χ4v) is 5.27. The SMILES string of the molecule is C=Cc1cc(C)c(C(C)(C)CCC)c(OP(=O)(OC(C)(C)C)OC(C)(C)C)c1. The topological polar surface area (TPSA) is 44.8 Å². The van der Waals surface area contributed by atoms with Crippen molar-refractivity contribution in [3.05, 3.63) is 35.4 Å². The van der Waals surface area contributed by atoms with Crippen LogP contribution in [0.3, 0.4) is 0 Å². The molecule has 0 bridgehead atoms. The van der Waals surface area contributed by atoms with Gasteiger partial charge in [0.05, 0.1) is 11.2 Å². The second-order valence-corrected chi connectivity index (χ2v) is 11.4. The predicted molar refractivity (Wildman–Crippen MR) is 119 cm³/mol. The number of rotatable bonds is 8. The molecule has 0 saturated carbocycles. The molecule has 0 spiro atoms. The summed E-state index contributed by atoms with van der Waals surface area (Å²) in [5, 5.41) is 0. The molecule has 0 heterocycles. The van der Waals surface area contributed by atoms with Crippen molar-refractivity contribution >= 4 is 13.9 Å². The molecule has 1 aromatic rings. The zero-order chi connectivity index (χ0) is 22.0. The van der Waals surface area contributed by atoms with Gasteiger partial charge >= 0.3 is 7.82 Å². The first-order valence-corrected chi connectivity index (χ1v) is 11.5. The summed E-state index contributed by atoms with van der Waals surface area (Å²) in [5.41, 5.74) is 1.47. The highest BCUT2D eigenvalue weighted by Crippen LogP contribution is 2.57. The maximum absolute atomic E-state index is 13.7. The van der Waals surface area contributed by atoms with E-state index in [1.165, 1.54) is 0 Å². The van der Waals surface area contributed by atoms with Crippen LogP contribution in [-0.2, 0) is 19.0 Å². The van der Waals surface area contributed by atoms with E-state index in [-0.39, 0.29) is 5.41 Å². The van der Waals surface area contributed by atoms with Crippen LogP contribution in [0.15, 0.2) is 18.7 Å². The Morgan fingerprint density at radius 3 is 1.89 bits per heavy atom. The maximum atomic E-state index is 13.7. The second kappa shape index (κ2) is 8.73. The standard InChI is InChI=1S/C23H39O4P/c1-12-14-23(10,11)20-17(3)15-18(13-2)16-19(20)25-28(24,26-21(4,5)6)27-22(7,8)9/h13,15-16H,2,12,14H2,1,3-11H3. The van der Waals surface area contributed by atoms with E-state index in [2.05, 4.69) is 33.4 Å². The lowest BCUT2D eigenvalue weighted by molar-refractivity contribution is 0.0221. The summed E-state index contributed by atoms with van der Waals surface area (Å²) in [7, 11) is -3.88. The summed E-state index contributed by atoms with van der Waals surface area (Å²) in [4.78, 5) is 0. The Balaban J connectivity index is 3.59. The Morgan fingerprint density at radius 1 is 1.00 bits per heavy atom. The Labute approximate surface area is 172 Å². The van der Waals surface area contributed by atoms with Gasteiger partial charge in [-0.3, -0.25) is 9.05 Å². The van der Waals surface area contributed by atoms with Gasteiger partial charge in [0, 0.05) is 5.56 Å². The van der Waals surface area contributed by atoms with E-state index in [1.54, 1.807) is 6.08 Å². The van der Waals surface area contributed by atoms with Crippen molar-refractivity contribution in [3.63, 3.8) is 0 Å². The van der Waals surface area contributed by atoms with E-state index in [0.29, 0.717) is 5.75 Å². The predicted octanol–water partition coefficient (Wildman–Crippen LogP) is 7.83. The second-order valence-electron chi connectivity index (χ2n) is 9.99. The number of hydrogen-bond donors (Lipinski definition) is 0. The van der Waals surface area contributed by atoms with Crippen molar-refractivity contribution < 1.29 is 18.1 Å². The van der Waals surface area contributed by atoms with Gasteiger partial charge < -0.3 is 4.52 Å². The Hall–Kier alpha value is -1.09. The highest BCUT2D eigenvalue weighted by atomic mass is 31.2. The van der Waals surface area contributed by atoms with Gasteiger partial charge in [0.1, 0.15) is 5.75 Å². The van der Waals surface area contributed by atoms with Gasteiger partial charge in [0.15, 0.2) is 0 Å². The molecule has 0 aliphatic heterocycles. The highest BCUT2D eigenvalue weighted by Gasteiger charge is 2.40. The van der Waals surface area contributed by atoms with Crippen molar-refractivity contribution in [2.45, 2.75) is 98.7 Å². The quantitative estimate of drug-likeness (QED) is 0.410. The first kappa shape index (κ1) is 24.9. The minimum Gasteiger partial charge on any atom is -0.404 e. The molecule has 0 atom stereocenters. The van der Waals surface area contributed by atoms with E-state index in [1.807, 2.05) is 54.5 Å². The van der Waals surface area contributed by atoms with Crippen LogP contribution in [0.25, 0.3) is 6.08 Å². The first-order valence-electron chi connectivity index (χ1n) is 10.0. The molecule has 0 saturated heterocycles. The molecule has 1 aromatic carbocycles. The molecule has 0 fully saturated rings. The van der Waals surface area contributed by atoms with Crippen molar-refractivity contribution in [2.24, 2.45) is 0 Å². The summed E-state index contributed by atoms with van der Waals surface area (Å²) in [6.07, 6.45) is 3.77. The van der Waals surface area contributed by atoms with Gasteiger partial charge in [0.2, 0.25) is 0 Å². The van der Waals surface area contributed by atoms with E-state index < -0.39 is 19.0 Å². The number of benzene rings is 1. The normalized spacial score (nSPS) is 13.5. The van der Waals surface area contributed by atoms with Crippen LogP contribution in [-0.4, -0.2) is 11.2 Å². The third kappa shape index (κ3) is 7.39. The van der Waals surface area contributed by atoms with Gasteiger partial charge in [0.25, 0.3) is 0 Å². The third-order valence-electron chi connectivity index (χ3n) is 4.09. The zero-order valence-electron chi connectivity index (χ0n) is 19.4. The van der Waals surface area contributed by atoms with Crippen LogP contribution in [0.4, 0.5) is 0 Å². The minimum atomic E-state index is -3.88. The third-order valence-corrected chi connectivity index (χ3v) is 6.05. The van der Waals surface area contributed by atoms with Gasteiger partial charge in [-0.25, -0.2) is 4.57 Å². The molecule has 5 heteroatoms. The smallest absolute Gasteiger partial charge is 0.404 e. The Morgan fingerprint density at radius 2 is 1.50 bits per heavy atom. The molecule has 28 heavy (non-hydrogen) atoms. The lowest BCUT2D eigenvalue weighted by Crippen LogP contribution is -2.26. The van der Waals surface area contributed by atoms with E-state index in [4.69, 9.17) is 13.6 Å². The van der Waals surface area contributed by atoms with Gasteiger partial charge in [-0.05, 0) is 77.5 Å². The summed E-state index contributed by atoms with van der Waals surface area (Å²) >= 11 is 0. The summed E-state index contributed by atoms with van der Waals surface area (Å²) in [5.74, 6) is 0.533. The average Bonchev–Trinajstić information content (AvgIpc) is 2.41. The fourth-order valence-electron chi connectivity index (χ4n) is 3.44. The van der Waals surface area contributed by atoms with Crippen LogP contribution in [0, 0.1) is 6.92 Å². The van der Waals surface area contributed by atoms with Crippen LogP contribution < -0.4 is 4.52 Å². The molecule has 4 nitrogen and oxygen atoms in total. The lowest BCUT2D eigenvalue weighted by Gasteiger charge is -2.34. The van der Waals surface area contributed by atoms with Crippen molar-refractivity contribution in [1.82, 2.24) is 0 Å². The first-order chi connectivity index (χ1) is 12.5. The van der Waals surface area contributed by atoms with Crippen LogP contribution in [0.1, 0.15) is 91.8 Å². The number of phosphoric ester groups is 1. The summed E-state index contributed by atoms with van der Waals surface area (Å²) in [6.45, 7) is 23.5. The maximum Gasteiger partial charge on any atom is 0.531 e. The van der Waals surface area contributed by atoms with E-state index >= 15 is 0 Å². The van der Waals surface area contributed by atoms with Gasteiger partial charge in [-0.2, -0.15) is 0 Å². The van der Waals surface area contributed by atoms with Gasteiger partial charge in [-0.15, -0.1) is 0 Å². The lowest BCUT2D eigenvalue weighted by atomic mass is 9.77. The van der Waals surface area contributed by atoms with E-state index in [0.717, 1.165) is 29.5 Å². The molecule has 0 aliphatic carbocycles. The number of phosphoric acid groups is 1. The number of hydrogen-bond acceptors (Lipinski definition) is 4. The largest absolute Gasteiger partial charge is 0.531 e. The van der Waals surface area contributed by atoms with Crippen LogP contribution in [0.5, 0.6) is 5.75 Å². The molecular formula is C23H39O4P. The Bertz CT molecular complexity index is 716. The molecular weight excluding hydrogens is 371 g/mol. The minimum absolute atomic E-state index is 0.151. The molecule has 0 N–H and O–H groups in total.